The Morgan fingerprint density at radius 3 is 2.62 bits per heavy atom. The van der Waals surface area contributed by atoms with E-state index in [9.17, 15) is 9.59 Å². The van der Waals surface area contributed by atoms with E-state index < -0.39 is 0 Å². The first-order valence-electron chi connectivity index (χ1n) is 8.15. The lowest BCUT2D eigenvalue weighted by molar-refractivity contribution is -0.130. The number of rotatable bonds is 6. The van der Waals surface area contributed by atoms with Crippen LogP contribution in [0.4, 0.5) is 0 Å². The summed E-state index contributed by atoms with van der Waals surface area (Å²) in [5, 5.41) is 4.22. The number of nitrogens with one attached hydrogen (secondary N) is 1. The molecular formula is C19H18ClN3O2S. The van der Waals surface area contributed by atoms with E-state index >= 15 is 0 Å². The molecule has 0 unspecified atom stereocenters. The standard InChI is InChI=1S/C19H18ClN3O2S/c1-23(12-17-22-15-4-2-3-5-16(15)26-17)18(24)10-11-21-19(25)13-6-8-14(20)9-7-13/h2-9H,10-12H2,1H3,(H,21,25). The van der Waals surface area contributed by atoms with Gasteiger partial charge in [-0.3, -0.25) is 9.59 Å². The molecule has 0 atom stereocenters. The summed E-state index contributed by atoms with van der Waals surface area (Å²) in [4.78, 5) is 30.4. The zero-order chi connectivity index (χ0) is 18.5. The molecule has 0 radical (unpaired) electrons. The second-order valence-electron chi connectivity index (χ2n) is 5.84. The van der Waals surface area contributed by atoms with Crippen molar-refractivity contribution in [3.63, 3.8) is 0 Å². The van der Waals surface area contributed by atoms with Crippen LogP contribution in [0.15, 0.2) is 48.5 Å². The van der Waals surface area contributed by atoms with Crippen molar-refractivity contribution >= 4 is 45.0 Å². The third kappa shape index (κ3) is 4.59. The molecule has 0 saturated heterocycles. The van der Waals surface area contributed by atoms with Crippen molar-refractivity contribution in [2.75, 3.05) is 13.6 Å². The highest BCUT2D eigenvalue weighted by Gasteiger charge is 2.13. The fourth-order valence-electron chi connectivity index (χ4n) is 2.46. The molecule has 2 amide bonds. The number of amides is 2. The summed E-state index contributed by atoms with van der Waals surface area (Å²) in [7, 11) is 1.75. The Labute approximate surface area is 160 Å². The molecule has 0 saturated carbocycles. The second kappa shape index (κ2) is 8.29. The van der Waals surface area contributed by atoms with Gasteiger partial charge in [0.2, 0.25) is 5.91 Å². The lowest BCUT2D eigenvalue weighted by atomic mass is 10.2. The number of benzene rings is 2. The Morgan fingerprint density at radius 2 is 1.88 bits per heavy atom. The molecule has 0 aliphatic rings. The average molecular weight is 388 g/mol. The molecule has 3 aromatic rings. The first-order chi connectivity index (χ1) is 12.5. The van der Waals surface area contributed by atoms with Crippen molar-refractivity contribution < 1.29 is 9.59 Å². The number of aromatic nitrogens is 1. The molecular weight excluding hydrogens is 370 g/mol. The summed E-state index contributed by atoms with van der Waals surface area (Å²) in [6.45, 7) is 0.744. The van der Waals surface area contributed by atoms with E-state index in [2.05, 4.69) is 10.3 Å². The van der Waals surface area contributed by atoms with Crippen LogP contribution in [0.5, 0.6) is 0 Å². The van der Waals surface area contributed by atoms with Gasteiger partial charge in [-0.25, -0.2) is 4.98 Å². The number of para-hydroxylation sites is 1. The summed E-state index contributed by atoms with van der Waals surface area (Å²) in [6, 6.07) is 14.5. The molecule has 0 aliphatic carbocycles. The fourth-order valence-corrected chi connectivity index (χ4v) is 3.60. The highest BCUT2D eigenvalue weighted by Crippen LogP contribution is 2.22. The van der Waals surface area contributed by atoms with Gasteiger partial charge in [0, 0.05) is 30.6 Å². The molecule has 1 N–H and O–H groups in total. The zero-order valence-electron chi connectivity index (χ0n) is 14.2. The Hall–Kier alpha value is -2.44. The number of fused-ring (bicyclic) bond motifs is 1. The van der Waals surface area contributed by atoms with Gasteiger partial charge in [-0.1, -0.05) is 23.7 Å². The molecule has 0 bridgehead atoms. The molecule has 7 heteroatoms. The van der Waals surface area contributed by atoms with E-state index in [4.69, 9.17) is 11.6 Å². The number of hydrogen-bond acceptors (Lipinski definition) is 4. The SMILES string of the molecule is CN(Cc1nc2ccccc2s1)C(=O)CCNC(=O)c1ccc(Cl)cc1. The smallest absolute Gasteiger partial charge is 0.251 e. The van der Waals surface area contributed by atoms with Crippen molar-refractivity contribution in [1.29, 1.82) is 0 Å². The Bertz CT molecular complexity index is 891. The monoisotopic (exact) mass is 387 g/mol. The van der Waals surface area contributed by atoms with Crippen LogP contribution in [0.25, 0.3) is 10.2 Å². The van der Waals surface area contributed by atoms with Gasteiger partial charge in [0.25, 0.3) is 5.91 Å². The van der Waals surface area contributed by atoms with Crippen LogP contribution in [-0.2, 0) is 11.3 Å². The van der Waals surface area contributed by atoms with Crippen molar-refractivity contribution in [1.82, 2.24) is 15.2 Å². The minimum atomic E-state index is -0.219. The normalized spacial score (nSPS) is 10.7. The molecule has 134 valence electrons. The van der Waals surface area contributed by atoms with Crippen LogP contribution in [0.3, 0.4) is 0 Å². The predicted octanol–water partition coefficient (Wildman–Crippen LogP) is 3.73. The Morgan fingerprint density at radius 1 is 1.15 bits per heavy atom. The van der Waals surface area contributed by atoms with Crippen LogP contribution in [0.1, 0.15) is 21.8 Å². The van der Waals surface area contributed by atoms with Gasteiger partial charge >= 0.3 is 0 Å². The van der Waals surface area contributed by atoms with Gasteiger partial charge in [0.05, 0.1) is 16.8 Å². The first-order valence-corrected chi connectivity index (χ1v) is 9.34. The number of hydrogen-bond donors (Lipinski definition) is 1. The van der Waals surface area contributed by atoms with E-state index in [1.807, 2.05) is 24.3 Å². The largest absolute Gasteiger partial charge is 0.352 e. The third-order valence-corrected chi connectivity index (χ3v) is 5.14. The molecule has 5 nitrogen and oxygen atoms in total. The van der Waals surface area contributed by atoms with Crippen LogP contribution in [0, 0.1) is 0 Å². The highest BCUT2D eigenvalue weighted by atomic mass is 35.5. The highest BCUT2D eigenvalue weighted by molar-refractivity contribution is 7.18. The van der Waals surface area contributed by atoms with Crippen molar-refractivity contribution in [3.8, 4) is 0 Å². The molecule has 1 heterocycles. The Balaban J connectivity index is 1.48. The summed E-state index contributed by atoms with van der Waals surface area (Å²) < 4.78 is 1.11. The molecule has 0 aliphatic heterocycles. The van der Waals surface area contributed by atoms with Crippen LogP contribution < -0.4 is 5.32 Å². The molecule has 0 spiro atoms. The Kier molecular flexibility index (Phi) is 5.85. The fraction of sp³-hybridized carbons (Fsp3) is 0.211. The van der Waals surface area contributed by atoms with Crippen LogP contribution in [-0.4, -0.2) is 35.3 Å². The molecule has 0 fully saturated rings. The number of thiazole rings is 1. The predicted molar refractivity (Wildman–Crippen MR) is 104 cm³/mol. The van der Waals surface area contributed by atoms with Gasteiger partial charge in [0.15, 0.2) is 0 Å². The van der Waals surface area contributed by atoms with Crippen molar-refractivity contribution in [3.05, 3.63) is 64.1 Å². The number of halogens is 1. The van der Waals surface area contributed by atoms with Crippen molar-refractivity contribution in [2.24, 2.45) is 0 Å². The van der Waals surface area contributed by atoms with Gasteiger partial charge < -0.3 is 10.2 Å². The van der Waals surface area contributed by atoms with E-state index in [1.54, 1.807) is 47.5 Å². The summed E-state index contributed by atoms with van der Waals surface area (Å²) in [5.74, 6) is -0.260. The second-order valence-corrected chi connectivity index (χ2v) is 7.39. The van der Waals surface area contributed by atoms with Gasteiger partial charge in [0.1, 0.15) is 5.01 Å². The van der Waals surface area contributed by atoms with E-state index in [0.717, 1.165) is 15.2 Å². The lowest BCUT2D eigenvalue weighted by Gasteiger charge is -2.15. The minimum absolute atomic E-state index is 0.0411. The summed E-state index contributed by atoms with van der Waals surface area (Å²) in [6.07, 6.45) is 0.237. The summed E-state index contributed by atoms with van der Waals surface area (Å²) in [5.41, 5.74) is 1.47. The molecule has 1 aromatic heterocycles. The number of carbonyl (C=O) groups is 2. The average Bonchev–Trinajstić information content (AvgIpc) is 3.04. The quantitative estimate of drug-likeness (QED) is 0.701. The van der Waals surface area contributed by atoms with E-state index in [0.29, 0.717) is 17.1 Å². The molecule has 26 heavy (non-hydrogen) atoms. The zero-order valence-corrected chi connectivity index (χ0v) is 15.8. The van der Waals surface area contributed by atoms with Crippen molar-refractivity contribution in [2.45, 2.75) is 13.0 Å². The van der Waals surface area contributed by atoms with Crippen LogP contribution >= 0.6 is 22.9 Å². The number of nitrogens with zero attached hydrogens (tertiary/aromatic N) is 2. The van der Waals surface area contributed by atoms with Gasteiger partial charge in [-0.15, -0.1) is 11.3 Å². The summed E-state index contributed by atoms with van der Waals surface area (Å²) >= 11 is 7.39. The molecule has 2 aromatic carbocycles. The van der Waals surface area contributed by atoms with E-state index in [-0.39, 0.29) is 24.8 Å². The number of carbonyl (C=O) groups excluding carboxylic acids is 2. The van der Waals surface area contributed by atoms with Crippen LogP contribution in [0.2, 0.25) is 5.02 Å². The molecule has 3 rings (SSSR count). The first kappa shape index (κ1) is 18.4. The lowest BCUT2D eigenvalue weighted by Crippen LogP contribution is -2.31. The van der Waals surface area contributed by atoms with Gasteiger partial charge in [-0.05, 0) is 36.4 Å². The maximum atomic E-state index is 12.3. The third-order valence-electron chi connectivity index (χ3n) is 3.87. The maximum Gasteiger partial charge on any atom is 0.251 e. The van der Waals surface area contributed by atoms with E-state index in [1.165, 1.54) is 0 Å². The topological polar surface area (TPSA) is 62.3 Å². The van der Waals surface area contributed by atoms with Gasteiger partial charge in [-0.2, -0.15) is 0 Å². The minimum Gasteiger partial charge on any atom is -0.352 e. The maximum absolute atomic E-state index is 12.3.